The van der Waals surface area contributed by atoms with Gasteiger partial charge in [-0.1, -0.05) is 40.5 Å². The molecule has 3 rings (SSSR count). The van der Waals surface area contributed by atoms with Gasteiger partial charge in [-0.25, -0.2) is 0 Å². The normalized spacial score (nSPS) is 11.1. The third-order valence-electron chi connectivity index (χ3n) is 2.67. The van der Waals surface area contributed by atoms with Gasteiger partial charge in [-0.15, -0.1) is 0 Å². The fraction of sp³-hybridized carbons (Fsp3) is 0.333. The molecule has 0 bridgehead atoms. The Morgan fingerprint density at radius 1 is 1.00 bits per heavy atom. The molecule has 0 aromatic heterocycles. The minimum Gasteiger partial charge on any atom is -1.00 e. The fourth-order valence-electron chi connectivity index (χ4n) is 1.60. The van der Waals surface area contributed by atoms with E-state index in [-0.39, 0.29) is 65.9 Å². The zero-order valence-corrected chi connectivity index (χ0v) is 20.0. The Kier molecular flexibility index (Phi) is 24.0. The van der Waals surface area contributed by atoms with Gasteiger partial charge in [-0.05, 0) is 31.9 Å². The van der Waals surface area contributed by atoms with Gasteiger partial charge in [0.15, 0.2) is 0 Å². The predicted octanol–water partition coefficient (Wildman–Crippen LogP) is 1.82. The minimum absolute atomic E-state index is 0. The van der Waals surface area contributed by atoms with Crippen LogP contribution in [0.4, 0.5) is 0 Å². The van der Waals surface area contributed by atoms with Gasteiger partial charge in [0.2, 0.25) is 0 Å². The minimum atomic E-state index is 0. The van der Waals surface area contributed by atoms with Crippen molar-refractivity contribution in [2.75, 3.05) is 13.2 Å². The van der Waals surface area contributed by atoms with Crippen LogP contribution in [-0.2, 0) is 4.74 Å². The quantitative estimate of drug-likeness (QED) is 0.427. The van der Waals surface area contributed by atoms with Gasteiger partial charge in [0.1, 0.15) is 0 Å². The molecule has 1 aliphatic rings. The molecule has 0 unspecified atom stereocenters. The summed E-state index contributed by atoms with van der Waals surface area (Å²) in [5, 5.41) is 0. The summed E-state index contributed by atoms with van der Waals surface area (Å²) in [4.78, 5) is 0. The SMILES string of the molecule is C1CCOC1.Cc1c[c-]ccc1.Cc1cccc(Br)c1.[Br-].[H-].[H-].[Mg+2].[Mg+2]. The molecule has 5 heteroatoms. The van der Waals surface area contributed by atoms with E-state index in [1.165, 1.54) is 24.0 Å². The molecule has 0 radical (unpaired) electrons. The summed E-state index contributed by atoms with van der Waals surface area (Å²) in [5.41, 5.74) is 2.56. The second-order valence-electron chi connectivity index (χ2n) is 4.70. The molecule has 2 aromatic rings. The monoisotopic (exact) mass is 462 g/mol. The first-order valence-corrected chi connectivity index (χ1v) is 7.70. The van der Waals surface area contributed by atoms with Crippen molar-refractivity contribution in [2.45, 2.75) is 26.7 Å². The largest absolute Gasteiger partial charge is 2.00 e. The summed E-state index contributed by atoms with van der Waals surface area (Å²) < 4.78 is 6.09. The van der Waals surface area contributed by atoms with Gasteiger partial charge < -0.3 is 24.6 Å². The van der Waals surface area contributed by atoms with Crippen LogP contribution in [0.25, 0.3) is 0 Å². The maximum atomic E-state index is 4.94. The van der Waals surface area contributed by atoms with Gasteiger partial charge in [0, 0.05) is 17.7 Å². The number of benzene rings is 2. The second-order valence-corrected chi connectivity index (χ2v) is 5.61. The molecule has 1 saturated heterocycles. The molecular formula is C18H24Br2Mg2O. The molecule has 0 atom stereocenters. The van der Waals surface area contributed by atoms with E-state index in [1.54, 1.807) is 0 Å². The Morgan fingerprint density at radius 3 is 1.87 bits per heavy atom. The smallest absolute Gasteiger partial charge is 1.00 e. The zero-order valence-electron chi connectivity index (χ0n) is 16.0. The van der Waals surface area contributed by atoms with Crippen LogP contribution in [0.5, 0.6) is 0 Å². The molecular weight excluding hydrogens is 441 g/mol. The number of halogens is 2. The van der Waals surface area contributed by atoms with Crippen molar-refractivity contribution in [2.24, 2.45) is 0 Å². The summed E-state index contributed by atoms with van der Waals surface area (Å²) in [6, 6.07) is 19.1. The molecule has 1 fully saturated rings. The molecule has 0 N–H and O–H groups in total. The molecule has 0 amide bonds. The van der Waals surface area contributed by atoms with Gasteiger partial charge in [0.25, 0.3) is 0 Å². The van der Waals surface area contributed by atoms with E-state index < -0.39 is 0 Å². The van der Waals surface area contributed by atoms with Crippen LogP contribution in [-0.4, -0.2) is 59.3 Å². The molecule has 1 nitrogen and oxygen atoms in total. The van der Waals surface area contributed by atoms with Crippen LogP contribution in [0.15, 0.2) is 53.0 Å². The first-order chi connectivity index (χ1) is 9.68. The number of ether oxygens (including phenoxy) is 1. The van der Waals surface area contributed by atoms with Crippen LogP contribution in [0, 0.1) is 19.9 Å². The van der Waals surface area contributed by atoms with Crippen molar-refractivity contribution in [3.05, 3.63) is 70.2 Å². The molecule has 2 aromatic carbocycles. The summed E-state index contributed by atoms with van der Waals surface area (Å²) >= 11 is 3.36. The summed E-state index contributed by atoms with van der Waals surface area (Å²) in [6.07, 6.45) is 2.56. The van der Waals surface area contributed by atoms with E-state index in [4.69, 9.17) is 4.74 Å². The first-order valence-electron chi connectivity index (χ1n) is 6.91. The molecule has 0 aliphatic carbocycles. The third kappa shape index (κ3) is 17.5. The standard InChI is InChI=1S/C7H7Br.C7H7.C4H8O.BrH.2Mg.2H/c1-6-3-2-4-7(8)5-6;1-7-5-3-2-4-6-7;1-2-4-5-3-1;;;;;/h2-5H,1H3;2-3,5-6H,1H3;1-4H2;1H;;;;/q;-1;;;2*+2;2*-1/p-1. The Morgan fingerprint density at radius 2 is 1.61 bits per heavy atom. The van der Waals surface area contributed by atoms with Gasteiger partial charge in [-0.3, -0.25) is 0 Å². The average Bonchev–Trinajstić information content (AvgIpc) is 2.99. The Labute approximate surface area is 195 Å². The average molecular weight is 465 g/mol. The van der Waals surface area contributed by atoms with E-state index >= 15 is 0 Å². The van der Waals surface area contributed by atoms with Crippen molar-refractivity contribution in [1.82, 2.24) is 0 Å². The number of rotatable bonds is 0. The topological polar surface area (TPSA) is 9.23 Å². The van der Waals surface area contributed by atoms with E-state index in [2.05, 4.69) is 54.0 Å². The van der Waals surface area contributed by atoms with Gasteiger partial charge >= 0.3 is 46.1 Å². The van der Waals surface area contributed by atoms with Crippen LogP contribution >= 0.6 is 15.9 Å². The van der Waals surface area contributed by atoms with Crippen molar-refractivity contribution in [3.8, 4) is 0 Å². The van der Waals surface area contributed by atoms with E-state index in [0.717, 1.165) is 17.7 Å². The molecule has 120 valence electrons. The zero-order chi connectivity index (χ0) is 14.6. The molecule has 0 spiro atoms. The van der Waals surface area contributed by atoms with Crippen LogP contribution < -0.4 is 17.0 Å². The molecule has 1 heterocycles. The van der Waals surface area contributed by atoms with Crippen LogP contribution in [0.1, 0.15) is 26.8 Å². The molecule has 1 aliphatic heterocycles. The third-order valence-corrected chi connectivity index (χ3v) is 3.16. The summed E-state index contributed by atoms with van der Waals surface area (Å²) in [6.45, 7) is 6.13. The second kappa shape index (κ2) is 19.2. The number of hydrogen-bond donors (Lipinski definition) is 0. The predicted molar refractivity (Wildman–Crippen MR) is 103 cm³/mol. The molecule has 23 heavy (non-hydrogen) atoms. The van der Waals surface area contributed by atoms with Crippen molar-refractivity contribution in [1.29, 1.82) is 0 Å². The fourth-order valence-corrected chi connectivity index (χ4v) is 2.11. The Bertz CT molecular complexity index is 463. The maximum Gasteiger partial charge on any atom is 2.00 e. The first kappa shape index (κ1) is 28.7. The van der Waals surface area contributed by atoms with Gasteiger partial charge in [-0.2, -0.15) is 35.9 Å². The van der Waals surface area contributed by atoms with Crippen molar-refractivity contribution < 1.29 is 24.6 Å². The van der Waals surface area contributed by atoms with Crippen LogP contribution in [0.2, 0.25) is 0 Å². The molecule has 0 saturated carbocycles. The van der Waals surface area contributed by atoms with E-state index in [0.29, 0.717) is 0 Å². The van der Waals surface area contributed by atoms with Gasteiger partial charge in [0.05, 0.1) is 0 Å². The van der Waals surface area contributed by atoms with E-state index in [9.17, 15) is 0 Å². The van der Waals surface area contributed by atoms with Crippen molar-refractivity contribution >= 4 is 62.0 Å². The van der Waals surface area contributed by atoms with Crippen LogP contribution in [0.3, 0.4) is 0 Å². The number of aryl methyl sites for hydroxylation is 2. The summed E-state index contributed by atoms with van der Waals surface area (Å²) in [5.74, 6) is 0. The van der Waals surface area contributed by atoms with Crippen molar-refractivity contribution in [3.63, 3.8) is 0 Å². The van der Waals surface area contributed by atoms with E-state index in [1.807, 2.05) is 30.3 Å². The number of hydrogen-bond acceptors (Lipinski definition) is 1. The maximum absolute atomic E-state index is 4.94. The Balaban J connectivity index is -0.0000000740. The summed E-state index contributed by atoms with van der Waals surface area (Å²) in [7, 11) is 0. The Hall–Kier alpha value is 0.892.